The largest absolute Gasteiger partial charge is 0.406 e. The first kappa shape index (κ1) is 11.1. The van der Waals surface area contributed by atoms with Crippen LogP contribution in [0.2, 0.25) is 6.04 Å². The van der Waals surface area contributed by atoms with Crippen LogP contribution in [0.15, 0.2) is 42.0 Å². The number of allylic oxidation sites excluding steroid dienone is 2. The van der Waals surface area contributed by atoms with Crippen molar-refractivity contribution in [1.29, 1.82) is 0 Å². The molecule has 0 fully saturated rings. The highest BCUT2D eigenvalue weighted by Crippen LogP contribution is 2.10. The molecule has 14 heavy (non-hydrogen) atoms. The fraction of sp³-hybridized carbons (Fsp3) is 0.333. The minimum Gasteiger partial charge on any atom is -0.406 e. The van der Waals surface area contributed by atoms with Crippen LogP contribution in [0.3, 0.4) is 0 Å². The molecule has 1 rings (SSSR count). The SMILES string of the molecule is CC(C)=CC[SiH2]N(C)c1ccccc1. The first-order valence-electron chi connectivity index (χ1n) is 5.09. The smallest absolute Gasteiger partial charge is 0.127 e. The van der Waals surface area contributed by atoms with E-state index in [1.165, 1.54) is 17.3 Å². The quantitative estimate of drug-likeness (QED) is 0.539. The third-order valence-electron chi connectivity index (χ3n) is 2.21. The maximum atomic E-state index is 2.42. The van der Waals surface area contributed by atoms with Gasteiger partial charge < -0.3 is 4.57 Å². The molecule has 1 aromatic rings. The van der Waals surface area contributed by atoms with Crippen molar-refractivity contribution in [1.82, 2.24) is 0 Å². The summed E-state index contributed by atoms with van der Waals surface area (Å²) in [5, 5.41) is 0. The van der Waals surface area contributed by atoms with E-state index in [1.807, 2.05) is 0 Å². The van der Waals surface area contributed by atoms with Crippen LogP contribution in [0.1, 0.15) is 13.8 Å². The maximum Gasteiger partial charge on any atom is 0.127 e. The van der Waals surface area contributed by atoms with Gasteiger partial charge in [-0.1, -0.05) is 29.8 Å². The van der Waals surface area contributed by atoms with Gasteiger partial charge in [-0.25, -0.2) is 0 Å². The summed E-state index contributed by atoms with van der Waals surface area (Å²) in [4.78, 5) is 0. The van der Waals surface area contributed by atoms with Gasteiger partial charge in [0.1, 0.15) is 9.68 Å². The van der Waals surface area contributed by atoms with Crippen molar-refractivity contribution in [2.45, 2.75) is 19.9 Å². The molecule has 0 spiro atoms. The van der Waals surface area contributed by atoms with E-state index in [1.54, 1.807) is 0 Å². The molecule has 0 heterocycles. The standard InChI is InChI=1S/C12H19NSi/c1-11(2)9-10-14-13(3)12-7-5-4-6-8-12/h4-9H,10,14H2,1-3H3. The van der Waals surface area contributed by atoms with Crippen LogP contribution >= 0.6 is 0 Å². The summed E-state index contributed by atoms with van der Waals surface area (Å²) in [6.45, 7) is 4.33. The molecular weight excluding hydrogens is 186 g/mol. The molecule has 0 N–H and O–H groups in total. The second-order valence-electron chi connectivity index (χ2n) is 3.83. The molecule has 0 saturated heterocycles. The van der Waals surface area contributed by atoms with Crippen molar-refractivity contribution in [3.8, 4) is 0 Å². The van der Waals surface area contributed by atoms with E-state index in [9.17, 15) is 0 Å². The third kappa shape index (κ3) is 3.79. The Morgan fingerprint density at radius 2 is 1.93 bits per heavy atom. The van der Waals surface area contributed by atoms with Crippen molar-refractivity contribution in [3.63, 3.8) is 0 Å². The summed E-state index contributed by atoms with van der Waals surface area (Å²) in [6, 6.07) is 11.9. The van der Waals surface area contributed by atoms with E-state index < -0.39 is 0 Å². The summed E-state index contributed by atoms with van der Waals surface area (Å²) in [6.07, 6.45) is 2.34. The normalized spacial score (nSPS) is 10.5. The van der Waals surface area contributed by atoms with Gasteiger partial charge in [0, 0.05) is 5.69 Å². The Morgan fingerprint density at radius 1 is 1.29 bits per heavy atom. The topological polar surface area (TPSA) is 3.24 Å². The number of hydrogen-bond donors (Lipinski definition) is 0. The van der Waals surface area contributed by atoms with Gasteiger partial charge in [0.2, 0.25) is 0 Å². The highest BCUT2D eigenvalue weighted by Gasteiger charge is 1.97. The molecule has 0 bridgehead atoms. The minimum absolute atomic E-state index is 0.148. The van der Waals surface area contributed by atoms with Gasteiger partial charge >= 0.3 is 0 Å². The Balaban J connectivity index is 2.43. The molecule has 1 nitrogen and oxygen atoms in total. The average Bonchev–Trinajstić information content (AvgIpc) is 2.18. The Morgan fingerprint density at radius 3 is 2.50 bits per heavy atom. The Labute approximate surface area is 89.3 Å². The van der Waals surface area contributed by atoms with E-state index in [2.05, 4.69) is 61.9 Å². The van der Waals surface area contributed by atoms with Gasteiger partial charge in [-0.15, -0.1) is 0 Å². The molecule has 2 heteroatoms. The van der Waals surface area contributed by atoms with Crippen LogP contribution in [0.4, 0.5) is 5.69 Å². The summed E-state index contributed by atoms with van der Waals surface area (Å²) >= 11 is 0. The molecule has 0 aliphatic heterocycles. The number of para-hydroxylation sites is 1. The van der Waals surface area contributed by atoms with Gasteiger partial charge in [-0.2, -0.15) is 0 Å². The van der Waals surface area contributed by atoms with Gasteiger partial charge in [0.05, 0.1) is 0 Å². The molecule has 0 aliphatic rings. The van der Waals surface area contributed by atoms with Crippen LogP contribution < -0.4 is 4.57 Å². The Hall–Kier alpha value is -1.02. The fourth-order valence-electron chi connectivity index (χ4n) is 1.36. The predicted octanol–water partition coefficient (Wildman–Crippen LogP) is 2.59. The lowest BCUT2D eigenvalue weighted by Crippen LogP contribution is -2.21. The molecule has 1 aromatic carbocycles. The van der Waals surface area contributed by atoms with Crippen LogP contribution in [0.25, 0.3) is 0 Å². The van der Waals surface area contributed by atoms with E-state index in [-0.39, 0.29) is 9.68 Å². The Bertz CT molecular complexity index is 288. The molecule has 76 valence electrons. The van der Waals surface area contributed by atoms with Gasteiger partial charge in [-0.05, 0) is 39.1 Å². The number of hydrogen-bond acceptors (Lipinski definition) is 1. The lowest BCUT2D eigenvalue weighted by atomic mass is 10.3. The number of nitrogens with zero attached hydrogens (tertiary/aromatic N) is 1. The molecule has 0 amide bonds. The van der Waals surface area contributed by atoms with Crippen LogP contribution in [0, 0.1) is 0 Å². The molecule has 0 aliphatic carbocycles. The predicted molar refractivity (Wildman–Crippen MR) is 67.6 cm³/mol. The summed E-state index contributed by atoms with van der Waals surface area (Å²) in [5.74, 6) is 0. The molecule has 0 radical (unpaired) electrons. The van der Waals surface area contributed by atoms with Gasteiger partial charge in [0.15, 0.2) is 0 Å². The van der Waals surface area contributed by atoms with Crippen LogP contribution in [-0.2, 0) is 0 Å². The molecule has 0 unspecified atom stereocenters. The monoisotopic (exact) mass is 205 g/mol. The molecule has 0 atom stereocenters. The van der Waals surface area contributed by atoms with Crippen molar-refractivity contribution < 1.29 is 0 Å². The highest BCUT2D eigenvalue weighted by molar-refractivity contribution is 6.41. The second kappa shape index (κ2) is 5.65. The summed E-state index contributed by atoms with van der Waals surface area (Å²) in [5.41, 5.74) is 2.78. The second-order valence-corrected chi connectivity index (χ2v) is 5.80. The average molecular weight is 205 g/mol. The van der Waals surface area contributed by atoms with Crippen molar-refractivity contribution in [3.05, 3.63) is 42.0 Å². The van der Waals surface area contributed by atoms with Gasteiger partial charge in [-0.3, -0.25) is 0 Å². The highest BCUT2D eigenvalue weighted by atomic mass is 28.2. The van der Waals surface area contributed by atoms with Crippen molar-refractivity contribution >= 4 is 15.4 Å². The van der Waals surface area contributed by atoms with E-state index in [4.69, 9.17) is 0 Å². The third-order valence-corrected chi connectivity index (χ3v) is 3.80. The first-order valence-corrected chi connectivity index (χ1v) is 6.73. The minimum atomic E-state index is -0.148. The van der Waals surface area contributed by atoms with Crippen LogP contribution in [-0.4, -0.2) is 16.7 Å². The Kier molecular flexibility index (Phi) is 4.46. The van der Waals surface area contributed by atoms with E-state index >= 15 is 0 Å². The lowest BCUT2D eigenvalue weighted by molar-refractivity contribution is 1.29. The molecular formula is C12H19NSi. The maximum absolute atomic E-state index is 2.42. The zero-order valence-corrected chi connectivity index (χ0v) is 10.7. The van der Waals surface area contributed by atoms with Crippen molar-refractivity contribution in [2.24, 2.45) is 0 Å². The first-order chi connectivity index (χ1) is 6.70. The van der Waals surface area contributed by atoms with E-state index in [0.717, 1.165) is 0 Å². The number of benzene rings is 1. The molecule has 0 saturated carbocycles. The summed E-state index contributed by atoms with van der Waals surface area (Å²) in [7, 11) is 2.05. The number of rotatable bonds is 4. The van der Waals surface area contributed by atoms with Gasteiger partial charge in [0.25, 0.3) is 0 Å². The van der Waals surface area contributed by atoms with E-state index in [0.29, 0.717) is 0 Å². The van der Waals surface area contributed by atoms with Crippen LogP contribution in [0.5, 0.6) is 0 Å². The fourth-order valence-corrected chi connectivity index (χ4v) is 2.92. The number of anilines is 1. The zero-order valence-electron chi connectivity index (χ0n) is 9.33. The van der Waals surface area contributed by atoms with Crippen molar-refractivity contribution in [2.75, 3.05) is 11.6 Å². The summed E-state index contributed by atoms with van der Waals surface area (Å²) < 4.78 is 2.42. The lowest BCUT2D eigenvalue weighted by Gasteiger charge is -2.18. The zero-order chi connectivity index (χ0) is 10.4. The molecule has 0 aromatic heterocycles.